The van der Waals surface area contributed by atoms with Gasteiger partial charge in [-0.15, -0.1) is 0 Å². The fourth-order valence-corrected chi connectivity index (χ4v) is 3.93. The number of likely N-dealkylation sites (tertiary alicyclic amines) is 1. The van der Waals surface area contributed by atoms with E-state index in [1.165, 1.54) is 5.56 Å². The summed E-state index contributed by atoms with van der Waals surface area (Å²) in [4.78, 5) is 6.52. The minimum Gasteiger partial charge on any atom is -0.492 e. The van der Waals surface area contributed by atoms with Crippen molar-refractivity contribution in [3.05, 3.63) is 42.5 Å². The lowest BCUT2D eigenvalue weighted by Gasteiger charge is -2.50. The maximum Gasteiger partial charge on any atom is 0.137 e. The van der Waals surface area contributed by atoms with Crippen LogP contribution < -0.4 is 4.74 Å². The molecule has 1 atom stereocenters. The number of nitrogens with zero attached hydrogens (tertiary/aromatic N) is 4. The summed E-state index contributed by atoms with van der Waals surface area (Å²) < 4.78 is 13.8. The predicted molar refractivity (Wildman–Crippen MR) is 89.6 cm³/mol. The molecule has 2 aliphatic heterocycles. The highest BCUT2D eigenvalue weighted by Gasteiger charge is 2.52. The first-order valence-electron chi connectivity index (χ1n) is 8.60. The molecule has 0 radical (unpaired) electrons. The molecule has 4 heterocycles. The molecule has 0 aliphatic carbocycles. The second-order valence-electron chi connectivity index (χ2n) is 6.89. The molecule has 0 unspecified atom stereocenters. The first-order chi connectivity index (χ1) is 11.7. The molecule has 6 nitrogen and oxygen atoms in total. The van der Waals surface area contributed by atoms with E-state index in [-0.39, 0.29) is 5.60 Å². The Bertz CT molecular complexity index is 667. The van der Waals surface area contributed by atoms with Crippen molar-refractivity contribution in [2.75, 3.05) is 26.3 Å². The average molecular weight is 328 g/mol. The second-order valence-corrected chi connectivity index (χ2v) is 6.89. The minimum atomic E-state index is 0.0422. The highest BCUT2D eigenvalue weighted by atomic mass is 16.5. The maximum atomic E-state index is 6.13. The summed E-state index contributed by atoms with van der Waals surface area (Å²) in [6.07, 6.45) is 9.73. The zero-order chi connectivity index (χ0) is 16.4. The highest BCUT2D eigenvalue weighted by Crippen LogP contribution is 2.42. The van der Waals surface area contributed by atoms with Crippen molar-refractivity contribution < 1.29 is 9.47 Å². The Labute approximate surface area is 142 Å². The van der Waals surface area contributed by atoms with Crippen LogP contribution >= 0.6 is 0 Å². The van der Waals surface area contributed by atoms with Crippen LogP contribution in [-0.4, -0.2) is 51.6 Å². The molecule has 2 aromatic heterocycles. The Morgan fingerprint density at radius 1 is 1.38 bits per heavy atom. The lowest BCUT2D eigenvalue weighted by Crippen LogP contribution is -2.64. The normalized spacial score (nSPS) is 22.6. The third-order valence-corrected chi connectivity index (χ3v) is 5.12. The highest BCUT2D eigenvalue weighted by molar-refractivity contribution is 5.15. The van der Waals surface area contributed by atoms with Gasteiger partial charge in [0.15, 0.2) is 0 Å². The van der Waals surface area contributed by atoms with Crippen LogP contribution in [0.1, 0.15) is 18.4 Å². The van der Waals surface area contributed by atoms with E-state index in [2.05, 4.69) is 21.2 Å². The Kier molecular flexibility index (Phi) is 4.24. The molecule has 0 aromatic carbocycles. The standard InChI is InChI=1S/C18H24N4O2/c1-21-11-15(9-20-21)12-22-13-18(14-22)16(5-8-24-18)4-7-23-17-3-2-6-19-10-17/h2-3,6,9-11,16H,4-5,7-8,12-14H2,1H3/t16-/m0/s1. The van der Waals surface area contributed by atoms with E-state index in [1.54, 1.807) is 12.4 Å². The Balaban J connectivity index is 1.26. The summed E-state index contributed by atoms with van der Waals surface area (Å²) in [5.41, 5.74) is 1.31. The lowest BCUT2D eigenvalue weighted by molar-refractivity contribution is -0.138. The van der Waals surface area contributed by atoms with Crippen molar-refractivity contribution >= 4 is 0 Å². The molecule has 4 rings (SSSR count). The van der Waals surface area contributed by atoms with Gasteiger partial charge < -0.3 is 9.47 Å². The van der Waals surface area contributed by atoms with Crippen molar-refractivity contribution in [1.29, 1.82) is 0 Å². The second kappa shape index (κ2) is 6.53. The van der Waals surface area contributed by atoms with E-state index in [0.29, 0.717) is 5.92 Å². The van der Waals surface area contributed by atoms with Crippen LogP contribution in [0, 0.1) is 5.92 Å². The molecule has 2 fully saturated rings. The Hall–Kier alpha value is -1.92. The number of ether oxygens (including phenoxy) is 2. The molecule has 2 aliphatic rings. The quantitative estimate of drug-likeness (QED) is 0.810. The number of hydrogen-bond acceptors (Lipinski definition) is 5. The maximum absolute atomic E-state index is 6.13. The van der Waals surface area contributed by atoms with Crippen LogP contribution in [0.5, 0.6) is 5.75 Å². The molecule has 0 saturated carbocycles. The Morgan fingerprint density at radius 2 is 2.29 bits per heavy atom. The van der Waals surface area contributed by atoms with Gasteiger partial charge in [0.25, 0.3) is 0 Å². The number of pyridine rings is 1. The molecule has 2 saturated heterocycles. The molecule has 1 spiro atoms. The van der Waals surface area contributed by atoms with Gasteiger partial charge in [-0.1, -0.05) is 0 Å². The van der Waals surface area contributed by atoms with Crippen molar-refractivity contribution in [3.63, 3.8) is 0 Å². The summed E-state index contributed by atoms with van der Waals surface area (Å²) in [5, 5.41) is 4.24. The molecule has 0 bridgehead atoms. The molecule has 2 aromatic rings. The van der Waals surface area contributed by atoms with Gasteiger partial charge in [-0.3, -0.25) is 14.6 Å². The van der Waals surface area contributed by atoms with E-state index in [4.69, 9.17) is 9.47 Å². The van der Waals surface area contributed by atoms with Gasteiger partial charge in [0, 0.05) is 51.2 Å². The van der Waals surface area contributed by atoms with E-state index in [9.17, 15) is 0 Å². The van der Waals surface area contributed by atoms with Crippen LogP contribution in [0.3, 0.4) is 0 Å². The fourth-order valence-electron chi connectivity index (χ4n) is 3.93. The van der Waals surface area contributed by atoms with Crippen LogP contribution in [0.2, 0.25) is 0 Å². The van der Waals surface area contributed by atoms with Gasteiger partial charge in [0.2, 0.25) is 0 Å². The van der Waals surface area contributed by atoms with Gasteiger partial charge in [-0.25, -0.2) is 0 Å². The summed E-state index contributed by atoms with van der Waals surface area (Å²) in [5.74, 6) is 1.43. The number of aromatic nitrogens is 3. The van der Waals surface area contributed by atoms with Gasteiger partial charge in [0.1, 0.15) is 5.75 Å². The van der Waals surface area contributed by atoms with Crippen LogP contribution in [0.4, 0.5) is 0 Å². The first kappa shape index (κ1) is 15.6. The predicted octanol–water partition coefficient (Wildman–Crippen LogP) is 1.88. The zero-order valence-corrected chi connectivity index (χ0v) is 14.1. The minimum absolute atomic E-state index is 0.0422. The van der Waals surface area contributed by atoms with Crippen molar-refractivity contribution in [2.45, 2.75) is 25.0 Å². The molecule has 0 amide bonds. The fraction of sp³-hybridized carbons (Fsp3) is 0.556. The molecule has 0 N–H and O–H groups in total. The van der Waals surface area contributed by atoms with Gasteiger partial charge >= 0.3 is 0 Å². The summed E-state index contributed by atoms with van der Waals surface area (Å²) >= 11 is 0. The third-order valence-electron chi connectivity index (χ3n) is 5.12. The Morgan fingerprint density at radius 3 is 3.04 bits per heavy atom. The molecular formula is C18H24N4O2. The summed E-state index contributed by atoms with van der Waals surface area (Å²) in [6, 6.07) is 3.85. The van der Waals surface area contributed by atoms with E-state index < -0.39 is 0 Å². The van der Waals surface area contributed by atoms with Gasteiger partial charge in [-0.2, -0.15) is 5.10 Å². The molecular weight excluding hydrogens is 304 g/mol. The zero-order valence-electron chi connectivity index (χ0n) is 14.1. The summed E-state index contributed by atoms with van der Waals surface area (Å²) in [7, 11) is 1.96. The summed E-state index contributed by atoms with van der Waals surface area (Å²) in [6.45, 7) is 4.58. The van der Waals surface area contributed by atoms with Crippen molar-refractivity contribution in [3.8, 4) is 5.75 Å². The molecule has 6 heteroatoms. The van der Waals surface area contributed by atoms with Gasteiger partial charge in [0.05, 0.1) is 24.6 Å². The number of aryl methyl sites for hydroxylation is 1. The average Bonchev–Trinajstić information content (AvgIpc) is 3.15. The lowest BCUT2D eigenvalue weighted by atomic mass is 9.79. The van der Waals surface area contributed by atoms with Crippen molar-refractivity contribution in [1.82, 2.24) is 19.7 Å². The van der Waals surface area contributed by atoms with Crippen LogP contribution in [0.15, 0.2) is 36.9 Å². The van der Waals surface area contributed by atoms with Crippen LogP contribution in [-0.2, 0) is 18.3 Å². The van der Waals surface area contributed by atoms with E-state index in [0.717, 1.165) is 51.4 Å². The number of rotatable bonds is 6. The third kappa shape index (κ3) is 3.16. The number of hydrogen-bond donors (Lipinski definition) is 0. The van der Waals surface area contributed by atoms with E-state index >= 15 is 0 Å². The first-order valence-corrected chi connectivity index (χ1v) is 8.60. The van der Waals surface area contributed by atoms with Gasteiger partial charge in [-0.05, 0) is 30.9 Å². The topological polar surface area (TPSA) is 52.4 Å². The molecule has 128 valence electrons. The van der Waals surface area contributed by atoms with Crippen LogP contribution in [0.25, 0.3) is 0 Å². The molecule has 24 heavy (non-hydrogen) atoms. The monoisotopic (exact) mass is 328 g/mol. The smallest absolute Gasteiger partial charge is 0.137 e. The SMILES string of the molecule is Cn1cc(CN2CC3(C2)OCC[C@@H]3CCOc2cccnc2)cn1. The largest absolute Gasteiger partial charge is 0.492 e. The van der Waals surface area contributed by atoms with E-state index in [1.807, 2.05) is 30.1 Å². The van der Waals surface area contributed by atoms with Crippen molar-refractivity contribution in [2.24, 2.45) is 13.0 Å².